The molecule has 0 N–H and O–H groups in total. The SMILES string of the molecule is c1ccc(-c2cccc(-c3nc(-c4ccccc4)nc(-c4ccc5c(c4)sc4cc(-c6ccccc6-c6cccc7sc8ccccc8c67)ccc45)n3)c2)cc1. The van der Waals surface area contributed by atoms with Crippen LogP contribution in [0.3, 0.4) is 0 Å². The topological polar surface area (TPSA) is 38.7 Å². The molecular weight excluding hydrogens is 719 g/mol. The fourth-order valence-corrected chi connectivity index (χ4v) is 10.2. The standard InChI is InChI=1S/C51H31N3S2/c1-3-13-32(14-4-1)34-17-11-18-36(29-34)50-52-49(33-15-5-2-6-16-33)53-51(54-50)37-26-28-41-40-27-25-35(30-46(40)56-47(41)31-37)38-19-7-8-20-39(38)42-22-12-24-45-48(42)43-21-9-10-23-44(43)55-45/h1-31H. The molecule has 0 spiro atoms. The number of thiophene rings is 2. The number of fused-ring (bicyclic) bond motifs is 6. The minimum absolute atomic E-state index is 0.650. The van der Waals surface area contributed by atoms with Gasteiger partial charge in [0.1, 0.15) is 0 Å². The monoisotopic (exact) mass is 749 g/mol. The second-order valence-electron chi connectivity index (χ2n) is 14.0. The molecule has 0 saturated heterocycles. The van der Waals surface area contributed by atoms with Gasteiger partial charge in [-0.25, -0.2) is 15.0 Å². The first-order chi connectivity index (χ1) is 27.7. The van der Waals surface area contributed by atoms with Crippen LogP contribution in [-0.4, -0.2) is 15.0 Å². The molecule has 0 aliphatic rings. The number of benzene rings is 8. The van der Waals surface area contributed by atoms with Crippen molar-refractivity contribution in [1.29, 1.82) is 0 Å². The lowest BCUT2D eigenvalue weighted by Gasteiger charge is -2.12. The Hall–Kier alpha value is -6.79. The molecule has 11 rings (SSSR count). The molecule has 262 valence electrons. The highest BCUT2D eigenvalue weighted by Crippen LogP contribution is 2.44. The Morgan fingerprint density at radius 3 is 1.54 bits per heavy atom. The van der Waals surface area contributed by atoms with Crippen LogP contribution in [0.15, 0.2) is 188 Å². The van der Waals surface area contributed by atoms with Crippen LogP contribution in [0.2, 0.25) is 0 Å². The normalized spacial score (nSPS) is 11.6. The third-order valence-electron chi connectivity index (χ3n) is 10.6. The summed E-state index contributed by atoms with van der Waals surface area (Å²) in [5.74, 6) is 1.96. The number of hydrogen-bond acceptors (Lipinski definition) is 5. The van der Waals surface area contributed by atoms with Crippen molar-refractivity contribution in [3.8, 4) is 67.5 Å². The van der Waals surface area contributed by atoms with Gasteiger partial charge in [0.15, 0.2) is 17.5 Å². The van der Waals surface area contributed by atoms with Gasteiger partial charge in [0.25, 0.3) is 0 Å². The summed E-state index contributed by atoms with van der Waals surface area (Å²) in [7, 11) is 0. The van der Waals surface area contributed by atoms with E-state index >= 15 is 0 Å². The Bertz CT molecular complexity index is 3250. The molecule has 0 unspecified atom stereocenters. The maximum atomic E-state index is 5.11. The number of rotatable bonds is 6. The van der Waals surface area contributed by atoms with Crippen molar-refractivity contribution in [2.75, 3.05) is 0 Å². The molecule has 56 heavy (non-hydrogen) atoms. The molecule has 0 fully saturated rings. The van der Waals surface area contributed by atoms with Crippen molar-refractivity contribution in [3.63, 3.8) is 0 Å². The average Bonchev–Trinajstić information content (AvgIpc) is 3.85. The molecule has 8 aromatic carbocycles. The van der Waals surface area contributed by atoms with E-state index in [0.29, 0.717) is 17.5 Å². The Balaban J connectivity index is 1.01. The predicted molar refractivity (Wildman–Crippen MR) is 238 cm³/mol. The fraction of sp³-hybridized carbons (Fsp3) is 0. The highest BCUT2D eigenvalue weighted by Gasteiger charge is 2.17. The third-order valence-corrected chi connectivity index (χ3v) is 12.8. The molecule has 0 atom stereocenters. The molecule has 3 aromatic heterocycles. The van der Waals surface area contributed by atoms with Crippen molar-refractivity contribution in [2.24, 2.45) is 0 Å². The van der Waals surface area contributed by atoms with Gasteiger partial charge in [-0.3, -0.25) is 0 Å². The van der Waals surface area contributed by atoms with Crippen LogP contribution in [-0.2, 0) is 0 Å². The van der Waals surface area contributed by atoms with E-state index < -0.39 is 0 Å². The summed E-state index contributed by atoms with van der Waals surface area (Å²) in [5, 5.41) is 5.13. The van der Waals surface area contributed by atoms with Crippen molar-refractivity contribution in [2.45, 2.75) is 0 Å². The maximum absolute atomic E-state index is 5.11. The first-order valence-electron chi connectivity index (χ1n) is 18.7. The van der Waals surface area contributed by atoms with Gasteiger partial charge in [-0.1, -0.05) is 158 Å². The van der Waals surface area contributed by atoms with E-state index in [1.54, 1.807) is 0 Å². The predicted octanol–water partition coefficient (Wildman–Crippen LogP) is 14.6. The van der Waals surface area contributed by atoms with E-state index in [9.17, 15) is 0 Å². The van der Waals surface area contributed by atoms with Gasteiger partial charge in [-0.2, -0.15) is 0 Å². The van der Waals surface area contributed by atoms with Gasteiger partial charge >= 0.3 is 0 Å². The lowest BCUT2D eigenvalue weighted by molar-refractivity contribution is 1.07. The summed E-state index contributed by atoms with van der Waals surface area (Å²) in [4.78, 5) is 15.2. The first-order valence-corrected chi connectivity index (χ1v) is 20.3. The van der Waals surface area contributed by atoms with Gasteiger partial charge < -0.3 is 0 Å². The van der Waals surface area contributed by atoms with E-state index in [4.69, 9.17) is 15.0 Å². The largest absolute Gasteiger partial charge is 0.208 e. The van der Waals surface area contributed by atoms with Crippen molar-refractivity contribution >= 4 is 63.0 Å². The molecule has 0 amide bonds. The van der Waals surface area contributed by atoms with Crippen molar-refractivity contribution < 1.29 is 0 Å². The number of nitrogens with zero attached hydrogens (tertiary/aromatic N) is 3. The van der Waals surface area contributed by atoms with Crippen LogP contribution in [0.4, 0.5) is 0 Å². The molecule has 0 aliphatic heterocycles. The molecular formula is C51H31N3S2. The third kappa shape index (κ3) is 5.68. The zero-order chi connectivity index (χ0) is 37.0. The molecule has 3 nitrogen and oxygen atoms in total. The molecule has 0 aliphatic carbocycles. The van der Waals surface area contributed by atoms with Gasteiger partial charge in [-0.05, 0) is 63.7 Å². The van der Waals surface area contributed by atoms with Gasteiger partial charge in [0.05, 0.1) is 0 Å². The van der Waals surface area contributed by atoms with E-state index in [1.807, 2.05) is 46.9 Å². The van der Waals surface area contributed by atoms with E-state index in [0.717, 1.165) is 27.8 Å². The smallest absolute Gasteiger partial charge is 0.164 e. The zero-order valence-electron chi connectivity index (χ0n) is 30.1. The van der Waals surface area contributed by atoms with Gasteiger partial charge in [0.2, 0.25) is 0 Å². The summed E-state index contributed by atoms with van der Waals surface area (Å²) < 4.78 is 5.09. The van der Waals surface area contributed by atoms with Crippen LogP contribution in [0.5, 0.6) is 0 Å². The average molecular weight is 750 g/mol. The lowest BCUT2D eigenvalue weighted by Crippen LogP contribution is -2.00. The number of hydrogen-bond donors (Lipinski definition) is 0. The quantitative estimate of drug-likeness (QED) is 0.170. The van der Waals surface area contributed by atoms with E-state index in [1.165, 1.54) is 62.6 Å². The fourth-order valence-electron chi connectivity index (χ4n) is 7.87. The maximum Gasteiger partial charge on any atom is 0.164 e. The second kappa shape index (κ2) is 13.5. The highest BCUT2D eigenvalue weighted by atomic mass is 32.1. The van der Waals surface area contributed by atoms with Gasteiger partial charge in [-0.15, -0.1) is 22.7 Å². The molecule has 0 bridgehead atoms. The Labute approximate surface area is 331 Å². The summed E-state index contributed by atoms with van der Waals surface area (Å²) in [6.45, 7) is 0. The van der Waals surface area contributed by atoms with Crippen LogP contribution in [0.25, 0.3) is 108 Å². The van der Waals surface area contributed by atoms with Crippen LogP contribution in [0, 0.1) is 0 Å². The summed E-state index contributed by atoms with van der Waals surface area (Å²) in [6.07, 6.45) is 0. The second-order valence-corrected chi connectivity index (χ2v) is 16.1. The molecule has 0 saturated carbocycles. The lowest BCUT2D eigenvalue weighted by atomic mass is 9.91. The zero-order valence-corrected chi connectivity index (χ0v) is 31.7. The Morgan fingerprint density at radius 1 is 0.268 bits per heavy atom. The first kappa shape index (κ1) is 32.6. The minimum Gasteiger partial charge on any atom is -0.208 e. The van der Waals surface area contributed by atoms with Crippen molar-refractivity contribution in [1.82, 2.24) is 15.0 Å². The van der Waals surface area contributed by atoms with Crippen molar-refractivity contribution in [3.05, 3.63) is 188 Å². The van der Waals surface area contributed by atoms with E-state index in [-0.39, 0.29) is 0 Å². The van der Waals surface area contributed by atoms with Crippen LogP contribution in [0.1, 0.15) is 0 Å². The molecule has 3 heterocycles. The van der Waals surface area contributed by atoms with Crippen LogP contribution >= 0.6 is 22.7 Å². The number of aromatic nitrogens is 3. The van der Waals surface area contributed by atoms with Crippen LogP contribution < -0.4 is 0 Å². The molecule has 11 aromatic rings. The van der Waals surface area contributed by atoms with Gasteiger partial charge in [0, 0.05) is 57.0 Å². The summed E-state index contributed by atoms with van der Waals surface area (Å²) in [6, 6.07) is 66.9. The minimum atomic E-state index is 0.650. The van der Waals surface area contributed by atoms with E-state index in [2.05, 4.69) is 164 Å². The molecule has 0 radical (unpaired) electrons. The summed E-state index contributed by atoms with van der Waals surface area (Å²) >= 11 is 3.68. The Kier molecular flexibility index (Phi) is 7.87. The molecule has 5 heteroatoms. The Morgan fingerprint density at radius 2 is 0.768 bits per heavy atom. The highest BCUT2D eigenvalue weighted by molar-refractivity contribution is 7.26. The summed E-state index contributed by atoms with van der Waals surface area (Å²) in [5.41, 5.74) is 10.1.